The molecule has 0 aliphatic heterocycles. The van der Waals surface area contributed by atoms with E-state index in [1.165, 1.54) is 0 Å². The van der Waals surface area contributed by atoms with Crippen LogP contribution in [-0.2, 0) is 0 Å². The molecule has 0 saturated heterocycles. The van der Waals surface area contributed by atoms with E-state index in [0.29, 0.717) is 5.56 Å². The minimum atomic E-state index is -0.263. The molecule has 0 aliphatic rings. The Hall–Kier alpha value is -3.40. The molecule has 0 aliphatic carbocycles. The van der Waals surface area contributed by atoms with Crippen molar-refractivity contribution in [3.63, 3.8) is 0 Å². The monoisotopic (exact) mass is 315 g/mol. The van der Waals surface area contributed by atoms with E-state index in [1.54, 1.807) is 12.3 Å². The van der Waals surface area contributed by atoms with Gasteiger partial charge in [-0.25, -0.2) is 5.43 Å². The Balaban J connectivity index is 1.72. The van der Waals surface area contributed by atoms with Crippen molar-refractivity contribution in [1.29, 1.82) is 0 Å². The van der Waals surface area contributed by atoms with Crippen LogP contribution in [0.1, 0.15) is 15.9 Å². The zero-order valence-corrected chi connectivity index (χ0v) is 13.0. The molecule has 4 nitrogen and oxygen atoms in total. The standard InChI is InChI=1S/C20H17N3O/c24-20(23-21-15-16-9-3-1-4-10-16)18-13-7-8-14-19(18)22-17-11-5-2-6-12-17/h1-15,22H,(H,23,24)/b21-15+. The summed E-state index contributed by atoms with van der Waals surface area (Å²) in [6, 6.07) is 26.7. The first-order valence-corrected chi connectivity index (χ1v) is 7.62. The van der Waals surface area contributed by atoms with Gasteiger partial charge in [-0.3, -0.25) is 4.79 Å². The van der Waals surface area contributed by atoms with E-state index in [2.05, 4.69) is 15.8 Å². The number of amides is 1. The van der Waals surface area contributed by atoms with Crippen LogP contribution in [0, 0.1) is 0 Å². The number of anilines is 2. The van der Waals surface area contributed by atoms with Crippen LogP contribution in [0.3, 0.4) is 0 Å². The lowest BCUT2D eigenvalue weighted by molar-refractivity contribution is 0.0956. The van der Waals surface area contributed by atoms with Crippen LogP contribution in [0.25, 0.3) is 0 Å². The quantitative estimate of drug-likeness (QED) is 0.548. The van der Waals surface area contributed by atoms with Crippen LogP contribution in [-0.4, -0.2) is 12.1 Å². The van der Waals surface area contributed by atoms with Crippen LogP contribution < -0.4 is 10.7 Å². The maximum atomic E-state index is 12.4. The molecule has 3 aromatic carbocycles. The molecule has 0 unspecified atom stereocenters. The summed E-state index contributed by atoms with van der Waals surface area (Å²) >= 11 is 0. The fourth-order valence-corrected chi connectivity index (χ4v) is 2.23. The van der Waals surface area contributed by atoms with E-state index in [4.69, 9.17) is 0 Å². The van der Waals surface area contributed by atoms with Gasteiger partial charge in [0.25, 0.3) is 5.91 Å². The molecule has 0 fully saturated rings. The van der Waals surface area contributed by atoms with Crippen molar-refractivity contribution >= 4 is 23.5 Å². The van der Waals surface area contributed by atoms with Gasteiger partial charge in [-0.1, -0.05) is 60.7 Å². The maximum absolute atomic E-state index is 12.4. The minimum Gasteiger partial charge on any atom is -0.355 e. The molecule has 0 aromatic heterocycles. The van der Waals surface area contributed by atoms with Crippen molar-refractivity contribution in [2.75, 3.05) is 5.32 Å². The van der Waals surface area contributed by atoms with Gasteiger partial charge in [-0.05, 0) is 29.8 Å². The predicted molar refractivity (Wildman–Crippen MR) is 97.7 cm³/mol. The normalized spacial score (nSPS) is 10.5. The van der Waals surface area contributed by atoms with Gasteiger partial charge in [0.15, 0.2) is 0 Å². The number of hydrazone groups is 1. The summed E-state index contributed by atoms with van der Waals surface area (Å²) in [5.41, 5.74) is 5.68. The molecule has 2 N–H and O–H groups in total. The van der Waals surface area contributed by atoms with E-state index in [1.807, 2.05) is 78.9 Å². The highest BCUT2D eigenvalue weighted by atomic mass is 16.2. The van der Waals surface area contributed by atoms with Crippen molar-refractivity contribution in [2.45, 2.75) is 0 Å². The third-order valence-electron chi connectivity index (χ3n) is 3.40. The first-order valence-electron chi connectivity index (χ1n) is 7.62. The Morgan fingerprint density at radius 3 is 2.17 bits per heavy atom. The van der Waals surface area contributed by atoms with Crippen LogP contribution in [0.4, 0.5) is 11.4 Å². The fraction of sp³-hybridized carbons (Fsp3) is 0. The minimum absolute atomic E-state index is 0.263. The van der Waals surface area contributed by atoms with Crippen molar-refractivity contribution in [3.8, 4) is 0 Å². The molecule has 24 heavy (non-hydrogen) atoms. The zero-order chi connectivity index (χ0) is 16.6. The van der Waals surface area contributed by atoms with E-state index in [0.717, 1.165) is 16.9 Å². The van der Waals surface area contributed by atoms with Gasteiger partial charge < -0.3 is 5.32 Å². The molecule has 1 amide bonds. The van der Waals surface area contributed by atoms with Gasteiger partial charge in [0.1, 0.15) is 0 Å². The van der Waals surface area contributed by atoms with Gasteiger partial charge in [0.2, 0.25) is 0 Å². The second kappa shape index (κ2) is 7.74. The zero-order valence-electron chi connectivity index (χ0n) is 13.0. The molecule has 4 heteroatoms. The fourth-order valence-electron chi connectivity index (χ4n) is 2.23. The molecule has 0 heterocycles. The first kappa shape index (κ1) is 15.5. The van der Waals surface area contributed by atoms with E-state index >= 15 is 0 Å². The van der Waals surface area contributed by atoms with E-state index < -0.39 is 0 Å². The predicted octanol–water partition coefficient (Wildman–Crippen LogP) is 4.19. The van der Waals surface area contributed by atoms with Crippen LogP contribution in [0.2, 0.25) is 0 Å². The highest BCUT2D eigenvalue weighted by Crippen LogP contribution is 2.20. The molecule has 3 aromatic rings. The highest BCUT2D eigenvalue weighted by Gasteiger charge is 2.10. The SMILES string of the molecule is O=C(N/N=C/c1ccccc1)c1ccccc1Nc1ccccc1. The van der Waals surface area contributed by atoms with Crippen LogP contribution >= 0.6 is 0 Å². The molecule has 118 valence electrons. The summed E-state index contributed by atoms with van der Waals surface area (Å²) in [6.45, 7) is 0. The lowest BCUT2D eigenvalue weighted by atomic mass is 10.1. The number of benzene rings is 3. The number of para-hydroxylation sites is 2. The number of nitrogens with zero attached hydrogens (tertiary/aromatic N) is 1. The number of nitrogens with one attached hydrogen (secondary N) is 2. The Morgan fingerprint density at radius 1 is 0.792 bits per heavy atom. The molecule has 0 atom stereocenters. The maximum Gasteiger partial charge on any atom is 0.273 e. The Labute approximate surface area is 140 Å². The Morgan fingerprint density at radius 2 is 1.42 bits per heavy atom. The van der Waals surface area contributed by atoms with E-state index in [-0.39, 0.29) is 5.91 Å². The van der Waals surface area contributed by atoms with Crippen molar-refractivity contribution < 1.29 is 4.79 Å². The lowest BCUT2D eigenvalue weighted by Gasteiger charge is -2.10. The second-order valence-electron chi connectivity index (χ2n) is 5.15. The third kappa shape index (κ3) is 4.08. The average molecular weight is 315 g/mol. The molecular formula is C20H17N3O. The van der Waals surface area contributed by atoms with Gasteiger partial charge in [0, 0.05) is 5.69 Å². The summed E-state index contributed by atoms with van der Waals surface area (Å²) in [4.78, 5) is 12.4. The highest BCUT2D eigenvalue weighted by molar-refractivity contribution is 6.00. The average Bonchev–Trinajstić information content (AvgIpc) is 2.64. The number of rotatable bonds is 5. The topological polar surface area (TPSA) is 53.5 Å². The number of hydrogen-bond donors (Lipinski definition) is 2. The van der Waals surface area contributed by atoms with Gasteiger partial charge in [-0.2, -0.15) is 5.10 Å². The van der Waals surface area contributed by atoms with Crippen molar-refractivity contribution in [1.82, 2.24) is 5.43 Å². The summed E-state index contributed by atoms with van der Waals surface area (Å²) in [7, 11) is 0. The molecular weight excluding hydrogens is 298 g/mol. The van der Waals surface area contributed by atoms with Crippen LogP contribution in [0.15, 0.2) is 90.0 Å². The van der Waals surface area contributed by atoms with E-state index in [9.17, 15) is 4.79 Å². The lowest BCUT2D eigenvalue weighted by Crippen LogP contribution is -2.18. The number of carbonyl (C=O) groups is 1. The van der Waals surface area contributed by atoms with Crippen molar-refractivity contribution in [3.05, 3.63) is 96.1 Å². The number of hydrogen-bond acceptors (Lipinski definition) is 3. The van der Waals surface area contributed by atoms with Gasteiger partial charge >= 0.3 is 0 Å². The molecule has 0 saturated carbocycles. The molecule has 3 rings (SSSR count). The molecule has 0 bridgehead atoms. The Kier molecular flexibility index (Phi) is 5.00. The van der Waals surface area contributed by atoms with Gasteiger partial charge in [0.05, 0.1) is 17.5 Å². The van der Waals surface area contributed by atoms with Crippen molar-refractivity contribution in [2.24, 2.45) is 5.10 Å². The first-order chi connectivity index (χ1) is 11.8. The smallest absolute Gasteiger partial charge is 0.273 e. The van der Waals surface area contributed by atoms with Gasteiger partial charge in [-0.15, -0.1) is 0 Å². The Bertz CT molecular complexity index is 830. The molecule has 0 spiro atoms. The third-order valence-corrected chi connectivity index (χ3v) is 3.40. The largest absolute Gasteiger partial charge is 0.355 e. The summed E-state index contributed by atoms with van der Waals surface area (Å²) < 4.78 is 0. The summed E-state index contributed by atoms with van der Waals surface area (Å²) in [5.74, 6) is -0.263. The number of carbonyl (C=O) groups excluding carboxylic acids is 1. The summed E-state index contributed by atoms with van der Waals surface area (Å²) in [5, 5.41) is 7.26. The molecule has 0 radical (unpaired) electrons. The second-order valence-corrected chi connectivity index (χ2v) is 5.15. The summed E-state index contributed by atoms with van der Waals surface area (Å²) in [6.07, 6.45) is 1.62. The van der Waals surface area contributed by atoms with Crippen LogP contribution in [0.5, 0.6) is 0 Å².